The normalized spacial score (nSPS) is 10.8. The van der Waals surface area contributed by atoms with Crippen molar-refractivity contribution in [2.24, 2.45) is 0 Å². The standard InChI is InChI=1S/C11H5IN4O/c12-16-10(17)4-2-8-11(16)14-9-3-1-7(5-13)6-15(8)9/h1-4,6H. The van der Waals surface area contributed by atoms with Gasteiger partial charge in [-0.25, -0.2) is 7.76 Å². The van der Waals surface area contributed by atoms with Crippen LogP contribution in [0.15, 0.2) is 35.3 Å². The van der Waals surface area contributed by atoms with Gasteiger partial charge in [-0.15, -0.1) is 0 Å². The molecule has 0 aliphatic rings. The summed E-state index contributed by atoms with van der Waals surface area (Å²) in [4.78, 5) is 15.8. The highest BCUT2D eigenvalue weighted by Gasteiger charge is 2.08. The van der Waals surface area contributed by atoms with Crippen LogP contribution in [-0.2, 0) is 0 Å². The zero-order valence-electron chi connectivity index (χ0n) is 8.46. The van der Waals surface area contributed by atoms with Gasteiger partial charge in [0, 0.05) is 12.3 Å². The van der Waals surface area contributed by atoms with Gasteiger partial charge in [-0.3, -0.25) is 9.20 Å². The molecule has 0 bridgehead atoms. The van der Waals surface area contributed by atoms with Gasteiger partial charge in [-0.05, 0) is 18.2 Å². The van der Waals surface area contributed by atoms with E-state index in [-0.39, 0.29) is 5.56 Å². The molecule has 3 aromatic rings. The SMILES string of the molecule is N#Cc1ccc2nc3c(ccc(=O)n3I)n2c1. The van der Waals surface area contributed by atoms with E-state index in [0.29, 0.717) is 11.2 Å². The van der Waals surface area contributed by atoms with Crippen molar-refractivity contribution in [2.45, 2.75) is 0 Å². The largest absolute Gasteiger partial charge is 0.297 e. The molecule has 0 radical (unpaired) electrons. The predicted octanol–water partition coefficient (Wildman–Crippen LogP) is 1.72. The summed E-state index contributed by atoms with van der Waals surface area (Å²) in [5.74, 6) is 0. The molecule has 0 aliphatic heterocycles. The lowest BCUT2D eigenvalue weighted by Gasteiger charge is -1.96. The molecule has 0 N–H and O–H groups in total. The van der Waals surface area contributed by atoms with Crippen LogP contribution in [0.1, 0.15) is 5.56 Å². The summed E-state index contributed by atoms with van der Waals surface area (Å²) in [6.45, 7) is 0. The summed E-state index contributed by atoms with van der Waals surface area (Å²) in [6.07, 6.45) is 1.71. The lowest BCUT2D eigenvalue weighted by Crippen LogP contribution is -2.10. The van der Waals surface area contributed by atoms with Crippen molar-refractivity contribution in [1.29, 1.82) is 5.26 Å². The third kappa shape index (κ3) is 1.43. The van der Waals surface area contributed by atoms with Gasteiger partial charge in [0.05, 0.1) is 33.9 Å². The van der Waals surface area contributed by atoms with Crippen LogP contribution in [0.2, 0.25) is 0 Å². The lowest BCUT2D eigenvalue weighted by atomic mass is 10.3. The number of nitrogens with zero attached hydrogens (tertiary/aromatic N) is 4. The minimum absolute atomic E-state index is 0.109. The van der Waals surface area contributed by atoms with Crippen molar-refractivity contribution in [3.8, 4) is 6.07 Å². The van der Waals surface area contributed by atoms with Gasteiger partial charge in [-0.1, -0.05) is 0 Å². The van der Waals surface area contributed by atoms with E-state index in [0.717, 1.165) is 11.2 Å². The number of hydrogen-bond donors (Lipinski definition) is 0. The zero-order chi connectivity index (χ0) is 12.0. The summed E-state index contributed by atoms with van der Waals surface area (Å²) in [6, 6.07) is 8.75. The van der Waals surface area contributed by atoms with Crippen LogP contribution >= 0.6 is 22.9 Å². The van der Waals surface area contributed by atoms with Gasteiger partial charge in [0.2, 0.25) is 0 Å². The Bertz CT molecular complexity index is 840. The van der Waals surface area contributed by atoms with Crippen LogP contribution in [0.5, 0.6) is 0 Å². The maximum Gasteiger partial charge on any atom is 0.261 e. The third-order valence-corrected chi connectivity index (χ3v) is 3.46. The first-order chi connectivity index (χ1) is 8.20. The van der Waals surface area contributed by atoms with E-state index in [1.54, 1.807) is 24.4 Å². The van der Waals surface area contributed by atoms with Crippen LogP contribution in [0.4, 0.5) is 0 Å². The van der Waals surface area contributed by atoms with E-state index in [1.807, 2.05) is 27.3 Å². The Balaban J connectivity index is 2.56. The molecule has 82 valence electrons. The molecular weight excluding hydrogens is 331 g/mol. The third-order valence-electron chi connectivity index (χ3n) is 2.53. The molecular formula is C11H5IN4O. The first-order valence-electron chi connectivity index (χ1n) is 4.81. The van der Waals surface area contributed by atoms with Crippen molar-refractivity contribution in [3.63, 3.8) is 0 Å². The summed E-state index contributed by atoms with van der Waals surface area (Å²) in [5, 5.41) is 8.86. The predicted molar refractivity (Wildman–Crippen MR) is 71.1 cm³/mol. The van der Waals surface area contributed by atoms with Crippen LogP contribution in [-0.4, -0.2) is 12.2 Å². The molecule has 0 saturated heterocycles. The van der Waals surface area contributed by atoms with Crippen LogP contribution < -0.4 is 5.56 Å². The van der Waals surface area contributed by atoms with Crippen molar-refractivity contribution < 1.29 is 0 Å². The summed E-state index contributed by atoms with van der Waals surface area (Å²) >= 11 is 1.92. The summed E-state index contributed by atoms with van der Waals surface area (Å²) < 4.78 is 3.27. The molecule has 3 heterocycles. The molecule has 0 amide bonds. The van der Waals surface area contributed by atoms with E-state index in [9.17, 15) is 4.79 Å². The number of halogens is 1. The minimum Gasteiger partial charge on any atom is -0.297 e. The molecule has 5 nitrogen and oxygen atoms in total. The Morgan fingerprint density at radius 3 is 2.88 bits per heavy atom. The molecule has 0 saturated carbocycles. The van der Waals surface area contributed by atoms with E-state index in [1.165, 1.54) is 8.85 Å². The van der Waals surface area contributed by atoms with Gasteiger partial charge in [-0.2, -0.15) is 5.26 Å². The van der Waals surface area contributed by atoms with Crippen molar-refractivity contribution in [3.05, 3.63) is 46.4 Å². The maximum atomic E-state index is 11.5. The molecule has 0 atom stereocenters. The van der Waals surface area contributed by atoms with Crippen molar-refractivity contribution in [1.82, 2.24) is 12.2 Å². The second kappa shape index (κ2) is 3.56. The van der Waals surface area contributed by atoms with Gasteiger partial charge < -0.3 is 0 Å². The number of imidazole rings is 1. The number of fused-ring (bicyclic) bond motifs is 3. The Kier molecular flexibility index (Phi) is 2.16. The second-order valence-corrected chi connectivity index (χ2v) is 4.50. The van der Waals surface area contributed by atoms with E-state index in [4.69, 9.17) is 5.26 Å². The Labute approximate surface area is 109 Å². The monoisotopic (exact) mass is 336 g/mol. The van der Waals surface area contributed by atoms with Gasteiger partial charge in [0.25, 0.3) is 5.56 Å². The maximum absolute atomic E-state index is 11.5. The number of nitriles is 1. The fourth-order valence-corrected chi connectivity index (χ4v) is 2.25. The summed E-state index contributed by atoms with van der Waals surface area (Å²) in [7, 11) is 0. The first-order valence-corrected chi connectivity index (χ1v) is 5.77. The van der Waals surface area contributed by atoms with Crippen LogP contribution in [0, 0.1) is 11.3 Å². The lowest BCUT2D eigenvalue weighted by molar-refractivity contribution is 1.21. The number of aromatic nitrogens is 3. The molecule has 0 fully saturated rings. The smallest absolute Gasteiger partial charge is 0.261 e. The molecule has 17 heavy (non-hydrogen) atoms. The number of pyridine rings is 2. The fourth-order valence-electron chi connectivity index (χ4n) is 1.74. The minimum atomic E-state index is -0.109. The van der Waals surface area contributed by atoms with E-state index in [2.05, 4.69) is 11.1 Å². The zero-order valence-corrected chi connectivity index (χ0v) is 10.6. The van der Waals surface area contributed by atoms with Crippen LogP contribution in [0.25, 0.3) is 16.8 Å². The van der Waals surface area contributed by atoms with E-state index < -0.39 is 0 Å². The highest BCUT2D eigenvalue weighted by atomic mass is 127. The molecule has 0 aromatic carbocycles. The molecule has 0 aliphatic carbocycles. The average molecular weight is 336 g/mol. The van der Waals surface area contributed by atoms with Gasteiger partial charge >= 0.3 is 0 Å². The Morgan fingerprint density at radius 1 is 1.29 bits per heavy atom. The molecule has 0 spiro atoms. The molecule has 6 heteroatoms. The van der Waals surface area contributed by atoms with Gasteiger partial charge in [0.1, 0.15) is 11.7 Å². The van der Waals surface area contributed by atoms with Crippen molar-refractivity contribution in [2.75, 3.05) is 0 Å². The number of rotatable bonds is 0. The summed E-state index contributed by atoms with van der Waals surface area (Å²) in [5.41, 5.74) is 2.58. The molecule has 3 aromatic heterocycles. The van der Waals surface area contributed by atoms with Gasteiger partial charge in [0.15, 0.2) is 5.65 Å². The highest BCUT2D eigenvalue weighted by Crippen LogP contribution is 2.16. The Hall–Kier alpha value is -1.88. The fraction of sp³-hybridized carbons (Fsp3) is 0. The Morgan fingerprint density at radius 2 is 2.12 bits per heavy atom. The topological polar surface area (TPSA) is 63.1 Å². The van der Waals surface area contributed by atoms with E-state index >= 15 is 0 Å². The quantitative estimate of drug-likeness (QED) is 0.587. The molecule has 0 unspecified atom stereocenters. The second-order valence-electron chi connectivity index (χ2n) is 3.53. The molecule has 3 rings (SSSR count). The van der Waals surface area contributed by atoms with Crippen molar-refractivity contribution >= 4 is 39.7 Å². The first kappa shape index (κ1) is 10.3. The highest BCUT2D eigenvalue weighted by molar-refractivity contribution is 14.1. The average Bonchev–Trinajstić information content (AvgIpc) is 2.72. The van der Waals surface area contributed by atoms with Crippen LogP contribution in [0.3, 0.4) is 0 Å². The number of hydrogen-bond acceptors (Lipinski definition) is 3.